The van der Waals surface area contributed by atoms with E-state index in [1.807, 2.05) is 0 Å². The molecular formula is C24H32N2O. The van der Waals surface area contributed by atoms with E-state index in [9.17, 15) is 4.79 Å². The molecule has 3 nitrogen and oxygen atoms in total. The van der Waals surface area contributed by atoms with Gasteiger partial charge in [-0.1, -0.05) is 54.1 Å². The molecule has 1 aliphatic rings. The number of hydrogen-bond acceptors (Lipinski definition) is 2. The number of hydrogen-bond donors (Lipinski definition) is 1. The Hall–Kier alpha value is -2.13. The second-order valence-corrected chi connectivity index (χ2v) is 7.86. The van der Waals surface area contributed by atoms with E-state index < -0.39 is 0 Å². The van der Waals surface area contributed by atoms with Crippen LogP contribution in [0.2, 0.25) is 0 Å². The molecule has 0 atom stereocenters. The molecule has 1 saturated heterocycles. The zero-order valence-electron chi connectivity index (χ0n) is 16.7. The van der Waals surface area contributed by atoms with Gasteiger partial charge in [-0.05, 0) is 69.3 Å². The number of carbonyl (C=O) groups is 1. The molecule has 1 N–H and O–H groups in total. The third-order valence-corrected chi connectivity index (χ3v) is 5.64. The zero-order chi connectivity index (χ0) is 19.1. The standard InChI is InChI=1S/C24H32N2O/c1-19-7-5-9-21(17-19)10-6-14-25-24(27)22-12-15-26(16-13-22)18-23-11-4-3-8-20(23)2/h3-5,7-9,11,17,22H,6,10,12-16,18H2,1-2H3,(H,25,27). The number of amides is 1. The van der Waals surface area contributed by atoms with E-state index in [4.69, 9.17) is 0 Å². The molecule has 1 amide bonds. The normalized spacial score (nSPS) is 15.6. The molecule has 2 aromatic carbocycles. The van der Waals surface area contributed by atoms with Crippen LogP contribution in [0.1, 0.15) is 41.5 Å². The highest BCUT2D eigenvalue weighted by atomic mass is 16.1. The predicted octanol–water partition coefficient (Wildman–Crippen LogP) is 4.26. The maximum Gasteiger partial charge on any atom is 0.223 e. The van der Waals surface area contributed by atoms with Crippen molar-refractivity contribution in [2.24, 2.45) is 5.92 Å². The Morgan fingerprint density at radius 3 is 2.59 bits per heavy atom. The minimum atomic E-state index is 0.178. The van der Waals surface area contributed by atoms with Crippen LogP contribution in [0.3, 0.4) is 0 Å². The molecule has 0 spiro atoms. The summed E-state index contributed by atoms with van der Waals surface area (Å²) in [5.41, 5.74) is 5.41. The molecule has 0 bridgehead atoms. The van der Waals surface area contributed by atoms with Crippen molar-refractivity contribution in [2.75, 3.05) is 19.6 Å². The van der Waals surface area contributed by atoms with Gasteiger partial charge < -0.3 is 5.32 Å². The summed E-state index contributed by atoms with van der Waals surface area (Å²) in [5.74, 6) is 0.423. The maximum absolute atomic E-state index is 12.5. The summed E-state index contributed by atoms with van der Waals surface area (Å²) in [5, 5.41) is 3.15. The summed E-state index contributed by atoms with van der Waals surface area (Å²) in [6.07, 6.45) is 3.96. The Bertz CT molecular complexity index is 748. The number of carbonyl (C=O) groups excluding carboxylic acids is 1. The fourth-order valence-electron chi connectivity index (χ4n) is 3.90. The highest BCUT2D eigenvalue weighted by Crippen LogP contribution is 2.20. The van der Waals surface area contributed by atoms with Crippen LogP contribution < -0.4 is 5.32 Å². The summed E-state index contributed by atoms with van der Waals surface area (Å²) >= 11 is 0. The molecule has 2 aromatic rings. The molecule has 0 unspecified atom stereocenters. The van der Waals surface area contributed by atoms with Gasteiger partial charge in [0.25, 0.3) is 0 Å². The molecule has 144 valence electrons. The van der Waals surface area contributed by atoms with Gasteiger partial charge in [-0.3, -0.25) is 9.69 Å². The third kappa shape index (κ3) is 5.93. The highest BCUT2D eigenvalue weighted by molar-refractivity contribution is 5.78. The van der Waals surface area contributed by atoms with Crippen molar-refractivity contribution in [3.05, 3.63) is 70.8 Å². The van der Waals surface area contributed by atoms with Crippen molar-refractivity contribution in [2.45, 2.75) is 46.1 Å². The smallest absolute Gasteiger partial charge is 0.223 e. The number of piperidine rings is 1. The quantitative estimate of drug-likeness (QED) is 0.745. The second-order valence-electron chi connectivity index (χ2n) is 7.86. The van der Waals surface area contributed by atoms with E-state index in [0.29, 0.717) is 0 Å². The van der Waals surface area contributed by atoms with Gasteiger partial charge >= 0.3 is 0 Å². The Morgan fingerprint density at radius 1 is 1.07 bits per heavy atom. The molecule has 0 aliphatic carbocycles. The van der Waals surface area contributed by atoms with E-state index in [2.05, 4.69) is 72.6 Å². The first kappa shape index (κ1) is 19.6. The number of aryl methyl sites for hydroxylation is 3. The number of rotatable bonds is 7. The first-order valence-corrected chi connectivity index (χ1v) is 10.2. The first-order chi connectivity index (χ1) is 13.1. The molecule has 27 heavy (non-hydrogen) atoms. The fourth-order valence-corrected chi connectivity index (χ4v) is 3.90. The largest absolute Gasteiger partial charge is 0.356 e. The van der Waals surface area contributed by atoms with E-state index in [1.54, 1.807) is 0 Å². The Labute approximate surface area is 163 Å². The molecule has 0 aromatic heterocycles. The average molecular weight is 365 g/mol. The van der Waals surface area contributed by atoms with Gasteiger partial charge in [0.1, 0.15) is 0 Å². The van der Waals surface area contributed by atoms with E-state index in [0.717, 1.165) is 51.9 Å². The molecule has 0 saturated carbocycles. The second kappa shape index (κ2) is 9.70. The van der Waals surface area contributed by atoms with Crippen LogP contribution in [0, 0.1) is 19.8 Å². The lowest BCUT2D eigenvalue weighted by molar-refractivity contribution is -0.126. The van der Waals surface area contributed by atoms with Crippen LogP contribution in [0.25, 0.3) is 0 Å². The van der Waals surface area contributed by atoms with Gasteiger partial charge in [0, 0.05) is 19.0 Å². The van der Waals surface area contributed by atoms with E-state index >= 15 is 0 Å². The summed E-state index contributed by atoms with van der Waals surface area (Å²) in [6, 6.07) is 17.2. The molecule has 1 heterocycles. The van der Waals surface area contributed by atoms with Gasteiger partial charge in [-0.25, -0.2) is 0 Å². The molecular weight excluding hydrogens is 332 g/mol. The lowest BCUT2D eigenvalue weighted by atomic mass is 9.95. The molecule has 3 heteroatoms. The summed E-state index contributed by atoms with van der Waals surface area (Å²) in [6.45, 7) is 8.09. The predicted molar refractivity (Wildman–Crippen MR) is 112 cm³/mol. The average Bonchev–Trinajstić information content (AvgIpc) is 2.67. The molecule has 3 rings (SSSR count). The Kier molecular flexibility index (Phi) is 7.05. The molecule has 0 radical (unpaired) electrons. The molecule has 1 aliphatic heterocycles. The van der Waals surface area contributed by atoms with Crippen LogP contribution in [0.4, 0.5) is 0 Å². The minimum Gasteiger partial charge on any atom is -0.356 e. The van der Waals surface area contributed by atoms with Gasteiger partial charge in [0.15, 0.2) is 0 Å². The van der Waals surface area contributed by atoms with Crippen LogP contribution in [0.15, 0.2) is 48.5 Å². The fraction of sp³-hybridized carbons (Fsp3) is 0.458. The first-order valence-electron chi connectivity index (χ1n) is 10.2. The van der Waals surface area contributed by atoms with Crippen molar-refractivity contribution in [1.29, 1.82) is 0 Å². The van der Waals surface area contributed by atoms with Crippen molar-refractivity contribution in [1.82, 2.24) is 10.2 Å². The van der Waals surface area contributed by atoms with E-state index in [1.165, 1.54) is 22.3 Å². The van der Waals surface area contributed by atoms with Crippen molar-refractivity contribution >= 4 is 5.91 Å². The van der Waals surface area contributed by atoms with Gasteiger partial charge in [-0.2, -0.15) is 0 Å². The monoisotopic (exact) mass is 364 g/mol. The van der Waals surface area contributed by atoms with E-state index in [-0.39, 0.29) is 11.8 Å². The number of likely N-dealkylation sites (tertiary alicyclic amines) is 1. The Balaban J connectivity index is 1.35. The zero-order valence-corrected chi connectivity index (χ0v) is 16.7. The number of nitrogens with one attached hydrogen (secondary N) is 1. The van der Waals surface area contributed by atoms with Gasteiger partial charge in [0.2, 0.25) is 5.91 Å². The van der Waals surface area contributed by atoms with Crippen LogP contribution >= 0.6 is 0 Å². The minimum absolute atomic E-state index is 0.178. The number of benzene rings is 2. The van der Waals surface area contributed by atoms with Crippen LogP contribution in [-0.2, 0) is 17.8 Å². The SMILES string of the molecule is Cc1cccc(CCCNC(=O)C2CCN(Cc3ccccc3C)CC2)c1. The van der Waals surface area contributed by atoms with Gasteiger partial charge in [-0.15, -0.1) is 0 Å². The third-order valence-electron chi connectivity index (χ3n) is 5.64. The lowest BCUT2D eigenvalue weighted by Crippen LogP contribution is -2.40. The van der Waals surface area contributed by atoms with Crippen molar-refractivity contribution < 1.29 is 4.79 Å². The highest BCUT2D eigenvalue weighted by Gasteiger charge is 2.24. The summed E-state index contributed by atoms with van der Waals surface area (Å²) < 4.78 is 0. The number of nitrogens with zero attached hydrogens (tertiary/aromatic N) is 1. The molecule has 1 fully saturated rings. The van der Waals surface area contributed by atoms with Crippen molar-refractivity contribution in [3.63, 3.8) is 0 Å². The van der Waals surface area contributed by atoms with Crippen LogP contribution in [-0.4, -0.2) is 30.4 Å². The lowest BCUT2D eigenvalue weighted by Gasteiger charge is -2.31. The maximum atomic E-state index is 12.5. The summed E-state index contributed by atoms with van der Waals surface area (Å²) in [7, 11) is 0. The Morgan fingerprint density at radius 2 is 1.85 bits per heavy atom. The summed E-state index contributed by atoms with van der Waals surface area (Å²) in [4.78, 5) is 14.9. The van der Waals surface area contributed by atoms with Crippen molar-refractivity contribution in [3.8, 4) is 0 Å². The topological polar surface area (TPSA) is 32.3 Å². The van der Waals surface area contributed by atoms with Crippen LogP contribution in [0.5, 0.6) is 0 Å². The van der Waals surface area contributed by atoms with Gasteiger partial charge in [0.05, 0.1) is 0 Å².